The summed E-state index contributed by atoms with van der Waals surface area (Å²) in [6.45, 7) is 1.84. The predicted octanol–water partition coefficient (Wildman–Crippen LogP) is 2.86. The first kappa shape index (κ1) is 17.8. The minimum Gasteiger partial charge on any atom is -0.324 e. The van der Waals surface area contributed by atoms with Crippen LogP contribution in [0.3, 0.4) is 0 Å². The van der Waals surface area contributed by atoms with Crippen molar-refractivity contribution in [2.24, 2.45) is 0 Å². The van der Waals surface area contributed by atoms with E-state index in [1.54, 1.807) is 17.2 Å². The summed E-state index contributed by atoms with van der Waals surface area (Å²) in [5.41, 5.74) is 2.53. The molecule has 0 radical (unpaired) electrons. The summed E-state index contributed by atoms with van der Waals surface area (Å²) >= 11 is 1.36. The monoisotopic (exact) mass is 406 g/mol. The number of aromatic nitrogens is 7. The number of amides is 1. The summed E-state index contributed by atoms with van der Waals surface area (Å²) in [4.78, 5) is 21.4. The van der Waals surface area contributed by atoms with Crippen LogP contribution in [0.1, 0.15) is 25.8 Å². The Morgan fingerprint density at radius 3 is 2.86 bits per heavy atom. The number of nitrogens with one attached hydrogen (secondary N) is 1. The normalized spacial score (nSPS) is 14.8. The zero-order chi connectivity index (χ0) is 19.8. The Morgan fingerprint density at radius 2 is 2.07 bits per heavy atom. The molecule has 5 rings (SSSR count). The maximum Gasteiger partial charge on any atom is 0.237 e. The number of fused-ring (bicyclic) bond motifs is 1. The van der Waals surface area contributed by atoms with E-state index < -0.39 is 0 Å². The Morgan fingerprint density at radius 1 is 1.21 bits per heavy atom. The van der Waals surface area contributed by atoms with E-state index in [1.807, 2.05) is 47.9 Å². The molecule has 1 aliphatic rings. The SMILES string of the molecule is CC(Sc1nnnn1C1CC1)C(=O)Nc1ccc(-n2cnc3ccccc32)nc1. The number of pyridine rings is 1. The summed E-state index contributed by atoms with van der Waals surface area (Å²) in [5, 5.41) is 15.0. The van der Waals surface area contributed by atoms with Gasteiger partial charge in [0.2, 0.25) is 11.1 Å². The van der Waals surface area contributed by atoms with Crippen LogP contribution in [0.25, 0.3) is 16.9 Å². The van der Waals surface area contributed by atoms with E-state index >= 15 is 0 Å². The summed E-state index contributed by atoms with van der Waals surface area (Å²) in [6, 6.07) is 11.9. The van der Waals surface area contributed by atoms with E-state index in [1.165, 1.54) is 11.8 Å². The molecule has 0 saturated heterocycles. The van der Waals surface area contributed by atoms with Crippen LogP contribution in [0.2, 0.25) is 0 Å². The zero-order valence-corrected chi connectivity index (χ0v) is 16.5. The molecule has 29 heavy (non-hydrogen) atoms. The number of imidazole rings is 1. The Bertz CT molecular complexity index is 1160. The number of nitrogens with zero attached hydrogens (tertiary/aromatic N) is 7. The highest BCUT2D eigenvalue weighted by Crippen LogP contribution is 2.37. The van der Waals surface area contributed by atoms with Crippen molar-refractivity contribution >= 4 is 34.4 Å². The molecule has 4 aromatic rings. The standard InChI is InChI=1S/C19H18N8OS/c1-12(29-19-23-24-25-27(19)14-7-8-14)18(28)22-13-6-9-17(20-10-13)26-11-21-15-4-2-3-5-16(15)26/h2-6,9-12,14H,7-8H2,1H3,(H,22,28). The average Bonchev–Trinajstić information content (AvgIpc) is 3.33. The zero-order valence-electron chi connectivity index (χ0n) is 15.6. The number of hydrogen-bond donors (Lipinski definition) is 1. The third-order valence-corrected chi connectivity index (χ3v) is 5.77. The van der Waals surface area contributed by atoms with E-state index in [-0.39, 0.29) is 11.2 Å². The first-order valence-corrected chi connectivity index (χ1v) is 10.2. The number of carbonyl (C=O) groups is 1. The number of hydrogen-bond acceptors (Lipinski definition) is 7. The molecule has 1 amide bonds. The molecule has 1 N–H and O–H groups in total. The minimum absolute atomic E-state index is 0.122. The van der Waals surface area contributed by atoms with Crippen LogP contribution in [-0.2, 0) is 4.79 Å². The molecule has 1 aliphatic carbocycles. The second-order valence-corrected chi connectivity index (χ2v) is 8.20. The number of benzene rings is 1. The predicted molar refractivity (Wildman–Crippen MR) is 109 cm³/mol. The second kappa shape index (κ2) is 7.28. The van der Waals surface area contributed by atoms with E-state index in [0.29, 0.717) is 16.9 Å². The van der Waals surface area contributed by atoms with Gasteiger partial charge in [-0.25, -0.2) is 14.6 Å². The van der Waals surface area contributed by atoms with Gasteiger partial charge in [-0.2, -0.15) is 0 Å². The van der Waals surface area contributed by atoms with Crippen molar-refractivity contribution in [1.29, 1.82) is 0 Å². The van der Waals surface area contributed by atoms with Gasteiger partial charge in [-0.15, -0.1) is 5.10 Å². The Balaban J connectivity index is 1.26. The van der Waals surface area contributed by atoms with Gasteiger partial charge in [-0.05, 0) is 54.5 Å². The van der Waals surface area contributed by atoms with Crippen LogP contribution in [0.15, 0.2) is 54.1 Å². The molecule has 3 aromatic heterocycles. The van der Waals surface area contributed by atoms with Crippen molar-refractivity contribution in [3.63, 3.8) is 0 Å². The van der Waals surface area contributed by atoms with E-state index in [9.17, 15) is 4.79 Å². The van der Waals surface area contributed by atoms with Gasteiger partial charge >= 0.3 is 0 Å². The van der Waals surface area contributed by atoms with E-state index in [2.05, 4.69) is 30.8 Å². The van der Waals surface area contributed by atoms with Crippen LogP contribution in [0.5, 0.6) is 0 Å². The number of anilines is 1. The molecular weight excluding hydrogens is 388 g/mol. The minimum atomic E-state index is -0.337. The highest BCUT2D eigenvalue weighted by Gasteiger charge is 2.29. The molecule has 0 bridgehead atoms. The lowest BCUT2D eigenvalue weighted by Gasteiger charge is -2.12. The molecular formula is C19H18N8OS. The molecule has 1 saturated carbocycles. The topological polar surface area (TPSA) is 103 Å². The van der Waals surface area contributed by atoms with Crippen LogP contribution in [-0.4, -0.2) is 45.9 Å². The van der Waals surface area contributed by atoms with Gasteiger partial charge in [-0.3, -0.25) is 9.36 Å². The summed E-state index contributed by atoms with van der Waals surface area (Å²) in [5.74, 6) is 0.616. The van der Waals surface area contributed by atoms with Crippen LogP contribution < -0.4 is 5.32 Å². The van der Waals surface area contributed by atoms with Crippen LogP contribution in [0, 0.1) is 0 Å². The fourth-order valence-corrected chi connectivity index (χ4v) is 3.87. The van der Waals surface area contributed by atoms with E-state index in [0.717, 1.165) is 29.7 Å². The fraction of sp³-hybridized carbons (Fsp3) is 0.263. The lowest BCUT2D eigenvalue weighted by Crippen LogP contribution is -2.23. The molecule has 0 aliphatic heterocycles. The van der Waals surface area contributed by atoms with Crippen molar-refractivity contribution in [1.82, 2.24) is 34.7 Å². The van der Waals surface area contributed by atoms with Crippen LogP contribution >= 0.6 is 11.8 Å². The van der Waals surface area contributed by atoms with Gasteiger partial charge in [0.05, 0.1) is 34.2 Å². The Labute approximate surface area is 170 Å². The molecule has 1 unspecified atom stereocenters. The van der Waals surface area contributed by atoms with Crippen molar-refractivity contribution in [3.8, 4) is 5.82 Å². The van der Waals surface area contributed by atoms with Gasteiger partial charge in [-0.1, -0.05) is 23.9 Å². The third-order valence-electron chi connectivity index (χ3n) is 4.72. The van der Waals surface area contributed by atoms with Gasteiger partial charge in [0, 0.05) is 0 Å². The molecule has 0 spiro atoms. The quantitative estimate of drug-likeness (QED) is 0.491. The smallest absolute Gasteiger partial charge is 0.237 e. The largest absolute Gasteiger partial charge is 0.324 e. The number of tetrazole rings is 1. The van der Waals surface area contributed by atoms with Gasteiger partial charge in [0.25, 0.3) is 0 Å². The molecule has 1 aromatic carbocycles. The van der Waals surface area contributed by atoms with Gasteiger partial charge in [0.1, 0.15) is 12.1 Å². The van der Waals surface area contributed by atoms with E-state index in [4.69, 9.17) is 0 Å². The van der Waals surface area contributed by atoms with Gasteiger partial charge in [0.15, 0.2) is 0 Å². The van der Waals surface area contributed by atoms with Crippen molar-refractivity contribution in [2.45, 2.75) is 36.2 Å². The lowest BCUT2D eigenvalue weighted by molar-refractivity contribution is -0.115. The first-order valence-electron chi connectivity index (χ1n) is 9.33. The number of rotatable bonds is 6. The van der Waals surface area contributed by atoms with Crippen LogP contribution in [0.4, 0.5) is 5.69 Å². The summed E-state index contributed by atoms with van der Waals surface area (Å²) in [7, 11) is 0. The molecule has 3 heterocycles. The summed E-state index contributed by atoms with van der Waals surface area (Å²) in [6.07, 6.45) is 5.56. The summed E-state index contributed by atoms with van der Waals surface area (Å²) < 4.78 is 3.72. The highest BCUT2D eigenvalue weighted by atomic mass is 32.2. The molecule has 146 valence electrons. The molecule has 1 atom stereocenters. The Kier molecular flexibility index (Phi) is 4.47. The first-order chi connectivity index (χ1) is 14.2. The number of carbonyl (C=O) groups excluding carboxylic acids is 1. The van der Waals surface area contributed by atoms with Gasteiger partial charge < -0.3 is 5.32 Å². The lowest BCUT2D eigenvalue weighted by atomic mass is 10.3. The highest BCUT2D eigenvalue weighted by molar-refractivity contribution is 8.00. The third kappa shape index (κ3) is 3.58. The number of para-hydroxylation sites is 2. The fourth-order valence-electron chi connectivity index (χ4n) is 3.01. The molecule has 9 nitrogen and oxygen atoms in total. The molecule has 1 fully saturated rings. The molecule has 10 heteroatoms. The maximum atomic E-state index is 12.6. The Hall–Kier alpha value is -3.27. The second-order valence-electron chi connectivity index (χ2n) is 6.89. The maximum absolute atomic E-state index is 12.6. The van der Waals surface area contributed by atoms with Crippen molar-refractivity contribution < 1.29 is 4.79 Å². The number of thioether (sulfide) groups is 1. The average molecular weight is 406 g/mol. The van der Waals surface area contributed by atoms with Crippen molar-refractivity contribution in [2.75, 3.05) is 5.32 Å². The van der Waals surface area contributed by atoms with Crippen molar-refractivity contribution in [3.05, 3.63) is 48.9 Å².